The molecule has 2 amide bonds. The molecule has 1 N–H and O–H groups in total. The van der Waals surface area contributed by atoms with E-state index in [0.29, 0.717) is 32.5 Å². The number of aryl methyl sites for hydroxylation is 2. The number of amides is 2. The summed E-state index contributed by atoms with van der Waals surface area (Å²) in [7, 11) is 0. The lowest BCUT2D eigenvalue weighted by Crippen LogP contribution is -2.51. The molecule has 0 aromatic carbocycles. The highest BCUT2D eigenvalue weighted by atomic mass is 16.5. The van der Waals surface area contributed by atoms with Gasteiger partial charge in [-0.3, -0.25) is 14.5 Å². The van der Waals surface area contributed by atoms with Crippen LogP contribution in [0.5, 0.6) is 0 Å². The van der Waals surface area contributed by atoms with Gasteiger partial charge in [0.25, 0.3) is 0 Å². The van der Waals surface area contributed by atoms with Crippen molar-refractivity contribution in [3.8, 4) is 0 Å². The van der Waals surface area contributed by atoms with Crippen LogP contribution in [-0.2, 0) is 16.0 Å². The van der Waals surface area contributed by atoms with Crippen LogP contribution in [0, 0.1) is 13.8 Å². The van der Waals surface area contributed by atoms with Gasteiger partial charge in [-0.15, -0.1) is 0 Å². The van der Waals surface area contributed by atoms with Crippen molar-refractivity contribution in [3.63, 3.8) is 0 Å². The van der Waals surface area contributed by atoms with E-state index in [-0.39, 0.29) is 17.9 Å². The van der Waals surface area contributed by atoms with Gasteiger partial charge in [-0.25, -0.2) is 0 Å². The molecule has 2 rings (SSSR count). The summed E-state index contributed by atoms with van der Waals surface area (Å²) in [6.45, 7) is 10.9. The van der Waals surface area contributed by atoms with Gasteiger partial charge in [0, 0.05) is 44.2 Å². The molecule has 1 aromatic heterocycles. The first kappa shape index (κ1) is 18.4. The van der Waals surface area contributed by atoms with Crippen LogP contribution in [-0.4, -0.2) is 65.5 Å². The zero-order valence-corrected chi connectivity index (χ0v) is 15.1. The second-order valence-electron chi connectivity index (χ2n) is 6.68. The topological polar surface area (TPSA) is 78.7 Å². The van der Waals surface area contributed by atoms with Crippen molar-refractivity contribution in [2.45, 2.75) is 46.6 Å². The third-order valence-electron chi connectivity index (χ3n) is 4.31. The van der Waals surface area contributed by atoms with Crippen LogP contribution < -0.4 is 5.32 Å². The first-order valence-electron chi connectivity index (χ1n) is 8.58. The fourth-order valence-electron chi connectivity index (χ4n) is 2.97. The molecular weight excluding hydrogens is 308 g/mol. The monoisotopic (exact) mass is 336 g/mol. The second kappa shape index (κ2) is 8.28. The van der Waals surface area contributed by atoms with Crippen molar-refractivity contribution in [3.05, 3.63) is 17.0 Å². The fourth-order valence-corrected chi connectivity index (χ4v) is 2.97. The highest BCUT2D eigenvalue weighted by Crippen LogP contribution is 2.15. The molecule has 24 heavy (non-hydrogen) atoms. The van der Waals surface area contributed by atoms with Gasteiger partial charge in [0.2, 0.25) is 11.8 Å². The Kier molecular flexibility index (Phi) is 6.36. The van der Waals surface area contributed by atoms with Gasteiger partial charge in [0.15, 0.2) is 0 Å². The molecule has 0 spiro atoms. The Morgan fingerprint density at radius 1 is 1.21 bits per heavy atom. The fraction of sp³-hybridized carbons (Fsp3) is 0.706. The molecule has 0 saturated carbocycles. The van der Waals surface area contributed by atoms with E-state index in [9.17, 15) is 9.59 Å². The molecule has 1 aromatic rings. The van der Waals surface area contributed by atoms with Gasteiger partial charge in [-0.1, -0.05) is 5.16 Å². The van der Waals surface area contributed by atoms with Crippen LogP contribution in [0.1, 0.15) is 37.3 Å². The summed E-state index contributed by atoms with van der Waals surface area (Å²) < 4.78 is 5.13. The van der Waals surface area contributed by atoms with Crippen molar-refractivity contribution >= 4 is 11.8 Å². The number of hydrogen-bond donors (Lipinski definition) is 1. The Balaban J connectivity index is 1.73. The van der Waals surface area contributed by atoms with Crippen LogP contribution in [0.2, 0.25) is 0 Å². The summed E-state index contributed by atoms with van der Waals surface area (Å²) in [5.41, 5.74) is 1.90. The lowest BCUT2D eigenvalue weighted by molar-refractivity contribution is -0.133. The minimum absolute atomic E-state index is 0.0446. The average Bonchev–Trinajstić information content (AvgIpc) is 2.83. The standard InChI is InChI=1S/C17H28N4O3/c1-12(2)18-16(22)11-20-7-9-21(10-8-20)17(23)6-5-15-13(3)19-24-14(15)4/h12H,5-11H2,1-4H3,(H,18,22). The van der Waals surface area contributed by atoms with Crippen molar-refractivity contribution in [1.29, 1.82) is 0 Å². The van der Waals surface area contributed by atoms with E-state index in [2.05, 4.69) is 15.4 Å². The quantitative estimate of drug-likeness (QED) is 0.835. The Morgan fingerprint density at radius 3 is 2.42 bits per heavy atom. The van der Waals surface area contributed by atoms with Gasteiger partial charge in [-0.2, -0.15) is 0 Å². The number of hydrogen-bond acceptors (Lipinski definition) is 5. The number of aromatic nitrogens is 1. The normalized spacial score (nSPS) is 15.8. The molecule has 0 bridgehead atoms. The van der Waals surface area contributed by atoms with Crippen molar-refractivity contribution < 1.29 is 14.1 Å². The Bertz CT molecular complexity index is 555. The minimum Gasteiger partial charge on any atom is -0.361 e. The van der Waals surface area contributed by atoms with Crippen LogP contribution in [0.4, 0.5) is 0 Å². The maximum atomic E-state index is 12.4. The average molecular weight is 336 g/mol. The number of piperazine rings is 1. The van der Waals surface area contributed by atoms with Crippen molar-refractivity contribution in [2.75, 3.05) is 32.7 Å². The Morgan fingerprint density at radius 2 is 1.88 bits per heavy atom. The van der Waals surface area contributed by atoms with E-state index >= 15 is 0 Å². The maximum Gasteiger partial charge on any atom is 0.234 e. The number of nitrogens with zero attached hydrogens (tertiary/aromatic N) is 3. The molecule has 0 atom stereocenters. The van der Waals surface area contributed by atoms with E-state index in [0.717, 1.165) is 30.1 Å². The van der Waals surface area contributed by atoms with Crippen LogP contribution in [0.25, 0.3) is 0 Å². The first-order chi connectivity index (χ1) is 11.4. The summed E-state index contributed by atoms with van der Waals surface area (Å²) in [6, 6.07) is 0.157. The minimum atomic E-state index is 0.0446. The summed E-state index contributed by atoms with van der Waals surface area (Å²) in [4.78, 5) is 28.1. The van der Waals surface area contributed by atoms with Gasteiger partial charge in [-0.05, 0) is 34.1 Å². The molecular formula is C17H28N4O3. The number of carbonyl (C=O) groups excluding carboxylic acids is 2. The van der Waals surface area contributed by atoms with E-state index in [1.165, 1.54) is 0 Å². The third kappa shape index (κ3) is 5.06. The summed E-state index contributed by atoms with van der Waals surface area (Å²) in [5.74, 6) is 0.991. The van der Waals surface area contributed by atoms with E-state index in [4.69, 9.17) is 4.52 Å². The van der Waals surface area contributed by atoms with Crippen LogP contribution >= 0.6 is 0 Å². The molecule has 0 aliphatic carbocycles. The highest BCUT2D eigenvalue weighted by Gasteiger charge is 2.23. The van der Waals surface area contributed by atoms with Crippen molar-refractivity contribution in [2.24, 2.45) is 0 Å². The summed E-state index contributed by atoms with van der Waals surface area (Å²) in [6.07, 6.45) is 1.13. The lowest BCUT2D eigenvalue weighted by Gasteiger charge is -2.34. The second-order valence-corrected chi connectivity index (χ2v) is 6.68. The van der Waals surface area contributed by atoms with Crippen molar-refractivity contribution in [1.82, 2.24) is 20.3 Å². The highest BCUT2D eigenvalue weighted by molar-refractivity contribution is 5.78. The zero-order valence-electron chi connectivity index (χ0n) is 15.1. The molecule has 134 valence electrons. The van der Waals surface area contributed by atoms with Crippen LogP contribution in [0.15, 0.2) is 4.52 Å². The van der Waals surface area contributed by atoms with Gasteiger partial charge in [0.1, 0.15) is 5.76 Å². The molecule has 1 saturated heterocycles. The Hall–Kier alpha value is -1.89. The number of carbonyl (C=O) groups is 2. The molecule has 1 aliphatic rings. The molecule has 2 heterocycles. The van der Waals surface area contributed by atoms with Gasteiger partial charge >= 0.3 is 0 Å². The van der Waals surface area contributed by atoms with E-state index in [1.807, 2.05) is 32.6 Å². The van der Waals surface area contributed by atoms with E-state index < -0.39 is 0 Å². The molecule has 1 fully saturated rings. The summed E-state index contributed by atoms with van der Waals surface area (Å²) >= 11 is 0. The van der Waals surface area contributed by atoms with Gasteiger partial charge < -0.3 is 14.7 Å². The number of nitrogens with one attached hydrogen (secondary N) is 1. The van der Waals surface area contributed by atoms with E-state index in [1.54, 1.807) is 0 Å². The zero-order chi connectivity index (χ0) is 17.7. The van der Waals surface area contributed by atoms with Crippen LogP contribution in [0.3, 0.4) is 0 Å². The third-order valence-corrected chi connectivity index (χ3v) is 4.31. The molecule has 0 unspecified atom stereocenters. The smallest absolute Gasteiger partial charge is 0.234 e. The predicted octanol–water partition coefficient (Wildman–Crippen LogP) is 0.893. The van der Waals surface area contributed by atoms with Gasteiger partial charge in [0.05, 0.1) is 12.2 Å². The largest absolute Gasteiger partial charge is 0.361 e. The molecule has 7 heteroatoms. The first-order valence-corrected chi connectivity index (χ1v) is 8.58. The summed E-state index contributed by atoms with van der Waals surface area (Å²) in [5, 5.41) is 6.81. The lowest BCUT2D eigenvalue weighted by atomic mass is 10.1. The molecule has 7 nitrogen and oxygen atoms in total. The Labute approximate surface area is 143 Å². The maximum absolute atomic E-state index is 12.4. The SMILES string of the molecule is Cc1noc(C)c1CCC(=O)N1CCN(CC(=O)NC(C)C)CC1. The molecule has 0 radical (unpaired) electrons. The number of rotatable bonds is 6. The predicted molar refractivity (Wildman–Crippen MR) is 90.6 cm³/mol. The molecule has 1 aliphatic heterocycles.